The molecule has 0 fully saturated rings. The Labute approximate surface area is 300 Å². The molecule has 0 bridgehead atoms. The van der Waals surface area contributed by atoms with E-state index in [1.807, 2.05) is 12.1 Å². The fourth-order valence-electron chi connectivity index (χ4n) is 5.12. The van der Waals surface area contributed by atoms with E-state index in [2.05, 4.69) is 34.9 Å². The lowest BCUT2D eigenvalue weighted by molar-refractivity contribution is -0.138. The van der Waals surface area contributed by atoms with Gasteiger partial charge >= 0.3 is 12.4 Å². The third kappa shape index (κ3) is 10.7. The predicted molar refractivity (Wildman–Crippen MR) is 184 cm³/mol. The number of carbonyl (C=O) groups is 2. The van der Waals surface area contributed by atoms with Crippen LogP contribution < -0.4 is 10.6 Å². The van der Waals surface area contributed by atoms with E-state index in [1.54, 1.807) is 34.0 Å². The predicted octanol–water partition coefficient (Wildman–Crippen LogP) is 11.0. The summed E-state index contributed by atoms with van der Waals surface area (Å²) < 4.78 is 105. The molecule has 0 aliphatic rings. The Hall–Kier alpha value is -4.08. The summed E-state index contributed by atoms with van der Waals surface area (Å²) in [5.41, 5.74) is -3.17. The van der Waals surface area contributed by atoms with E-state index in [-0.39, 0.29) is 24.2 Å². The van der Waals surface area contributed by atoms with Crippen molar-refractivity contribution in [1.82, 2.24) is 10.6 Å². The van der Waals surface area contributed by atoms with Crippen LogP contribution in [0.2, 0.25) is 0 Å². The molecule has 270 valence electrons. The van der Waals surface area contributed by atoms with Gasteiger partial charge in [-0.05, 0) is 111 Å². The van der Waals surface area contributed by atoms with E-state index in [0.29, 0.717) is 37.1 Å². The second-order valence-corrected chi connectivity index (χ2v) is 15.0. The highest BCUT2D eigenvalue weighted by molar-refractivity contribution is 7.26. The molecule has 5 aromatic rings. The molecule has 5 rings (SSSR count). The first-order chi connectivity index (χ1) is 24.2. The summed E-state index contributed by atoms with van der Waals surface area (Å²) in [6.07, 6.45) is -5.30. The molecule has 3 aromatic heterocycles. The minimum atomic E-state index is -4.75. The lowest BCUT2D eigenvalue weighted by Gasteiger charge is -2.10. The molecule has 2 aromatic carbocycles. The van der Waals surface area contributed by atoms with Gasteiger partial charge in [-0.2, -0.15) is 26.3 Å². The van der Waals surface area contributed by atoms with Crippen molar-refractivity contribution in [3.63, 3.8) is 0 Å². The number of unbranched alkanes of at least 4 members (excludes halogenated alkanes) is 2. The molecule has 0 aliphatic heterocycles. The molecule has 0 unspecified atom stereocenters. The van der Waals surface area contributed by atoms with Gasteiger partial charge in [0.25, 0.3) is 11.8 Å². The van der Waals surface area contributed by atoms with Gasteiger partial charge < -0.3 is 10.6 Å². The van der Waals surface area contributed by atoms with Crippen LogP contribution in [0.15, 0.2) is 72.8 Å². The summed E-state index contributed by atoms with van der Waals surface area (Å²) in [4.78, 5) is 31.3. The first kappa shape index (κ1) is 38.2. The summed E-state index contributed by atoms with van der Waals surface area (Å²) in [6.45, 7) is 0.488. The lowest BCUT2D eigenvalue weighted by atomic mass is 10.1. The molecule has 2 N–H and O–H groups in total. The number of halogens is 8. The van der Waals surface area contributed by atoms with Crippen molar-refractivity contribution in [3.8, 4) is 19.5 Å². The maximum Gasteiger partial charge on any atom is 0.416 e. The van der Waals surface area contributed by atoms with Crippen LogP contribution in [0.4, 0.5) is 35.1 Å². The van der Waals surface area contributed by atoms with Gasteiger partial charge in [0.1, 0.15) is 11.6 Å². The van der Waals surface area contributed by atoms with Gasteiger partial charge in [0.15, 0.2) is 0 Å². The number of carbonyl (C=O) groups excluding carboxylic acids is 2. The number of thiophene rings is 3. The molecule has 0 radical (unpaired) electrons. The molecule has 15 heteroatoms. The quantitative estimate of drug-likeness (QED) is 0.0873. The van der Waals surface area contributed by atoms with E-state index in [0.717, 1.165) is 67.1 Å². The molecule has 3 heterocycles. The average molecular weight is 771 g/mol. The molecule has 2 amide bonds. The molecule has 0 spiro atoms. The second-order valence-electron chi connectivity index (χ2n) is 11.6. The fraction of sp³-hybridized carbons (Fsp3) is 0.278. The lowest BCUT2D eigenvalue weighted by Crippen LogP contribution is -2.25. The van der Waals surface area contributed by atoms with Crippen LogP contribution in [0.5, 0.6) is 0 Å². The zero-order chi connectivity index (χ0) is 36.8. The maximum atomic E-state index is 13.6. The Morgan fingerprint density at radius 2 is 0.882 bits per heavy atom. The smallest absolute Gasteiger partial charge is 0.352 e. The third-order valence-electron chi connectivity index (χ3n) is 7.66. The summed E-state index contributed by atoms with van der Waals surface area (Å²) in [6, 6.07) is 15.9. The molecular weight excluding hydrogens is 741 g/mol. The van der Waals surface area contributed by atoms with Gasteiger partial charge in [-0.25, -0.2) is 8.78 Å². The van der Waals surface area contributed by atoms with Crippen LogP contribution in [-0.4, -0.2) is 24.9 Å². The number of hydrogen-bond donors (Lipinski definition) is 2. The number of rotatable bonds is 14. The van der Waals surface area contributed by atoms with E-state index in [9.17, 15) is 44.7 Å². The highest BCUT2D eigenvalue weighted by Crippen LogP contribution is 2.40. The molecular formula is C36H30F8N2O2S3. The van der Waals surface area contributed by atoms with E-state index >= 15 is 0 Å². The Balaban J connectivity index is 1.03. The van der Waals surface area contributed by atoms with Gasteiger partial charge in [0, 0.05) is 53.5 Å². The largest absolute Gasteiger partial charge is 0.416 e. The summed E-state index contributed by atoms with van der Waals surface area (Å²) >= 11 is 5.00. The summed E-state index contributed by atoms with van der Waals surface area (Å²) in [5.74, 6) is -3.77. The van der Waals surface area contributed by atoms with Crippen molar-refractivity contribution in [3.05, 3.63) is 116 Å². The standard InChI is InChI=1S/C36H30F8N2O2S3/c37-25-17-21(15-23(19-25)35(39,40)41)33(47)45-13-3-1-5-27-7-9-29(49-27)31-11-12-32(51-31)30-10-8-28(50-30)6-2-4-14-46-34(48)22-16-24(36(42,43)44)20-26(38)18-22/h7-12,15-20H,1-6,13-14H2,(H,45,47)(H,46,48). The molecule has 51 heavy (non-hydrogen) atoms. The summed E-state index contributed by atoms with van der Waals surface area (Å²) in [7, 11) is 0. The van der Waals surface area contributed by atoms with E-state index in [1.165, 1.54) is 0 Å². The van der Waals surface area contributed by atoms with Gasteiger partial charge in [-0.3, -0.25) is 9.59 Å². The minimum Gasteiger partial charge on any atom is -0.352 e. The normalized spacial score (nSPS) is 11.9. The number of aryl methyl sites for hydroxylation is 2. The van der Waals surface area contributed by atoms with Crippen molar-refractivity contribution in [1.29, 1.82) is 0 Å². The monoisotopic (exact) mass is 770 g/mol. The Morgan fingerprint density at radius 1 is 0.510 bits per heavy atom. The van der Waals surface area contributed by atoms with Crippen LogP contribution in [0, 0.1) is 11.6 Å². The third-order valence-corrected chi connectivity index (χ3v) is 11.4. The Morgan fingerprint density at radius 3 is 1.27 bits per heavy atom. The first-order valence-corrected chi connectivity index (χ1v) is 18.2. The highest BCUT2D eigenvalue weighted by Gasteiger charge is 2.33. The Bertz CT molecular complexity index is 1840. The number of nitrogens with one attached hydrogen (secondary N) is 2. The molecule has 4 nitrogen and oxygen atoms in total. The van der Waals surface area contributed by atoms with Crippen molar-refractivity contribution in [2.24, 2.45) is 0 Å². The highest BCUT2D eigenvalue weighted by atomic mass is 32.1. The van der Waals surface area contributed by atoms with Gasteiger partial charge in [-0.15, -0.1) is 34.0 Å². The van der Waals surface area contributed by atoms with Crippen LogP contribution in [0.1, 0.15) is 67.3 Å². The topological polar surface area (TPSA) is 58.2 Å². The zero-order valence-electron chi connectivity index (χ0n) is 26.7. The molecule has 0 saturated heterocycles. The van der Waals surface area contributed by atoms with E-state index < -0.39 is 46.9 Å². The van der Waals surface area contributed by atoms with E-state index in [4.69, 9.17) is 0 Å². The van der Waals surface area contributed by atoms with Crippen molar-refractivity contribution < 1.29 is 44.7 Å². The maximum absolute atomic E-state index is 13.6. The van der Waals surface area contributed by atoms with Crippen molar-refractivity contribution >= 4 is 45.8 Å². The fourth-order valence-corrected chi connectivity index (χ4v) is 8.40. The van der Waals surface area contributed by atoms with Gasteiger partial charge in [-0.1, -0.05) is 0 Å². The Kier molecular flexibility index (Phi) is 12.4. The zero-order valence-corrected chi connectivity index (χ0v) is 29.1. The van der Waals surface area contributed by atoms with Crippen LogP contribution >= 0.6 is 34.0 Å². The molecule has 0 saturated carbocycles. The minimum absolute atomic E-state index is 0.244. The van der Waals surface area contributed by atoms with Gasteiger partial charge in [0.2, 0.25) is 0 Å². The van der Waals surface area contributed by atoms with Crippen LogP contribution in [-0.2, 0) is 25.2 Å². The summed E-state index contributed by atoms with van der Waals surface area (Å²) in [5, 5.41) is 5.11. The second kappa shape index (κ2) is 16.5. The number of amides is 2. The van der Waals surface area contributed by atoms with Crippen molar-refractivity contribution in [2.75, 3.05) is 13.1 Å². The van der Waals surface area contributed by atoms with Crippen LogP contribution in [0.25, 0.3) is 19.5 Å². The average Bonchev–Trinajstić information content (AvgIpc) is 3.84. The van der Waals surface area contributed by atoms with Crippen molar-refractivity contribution in [2.45, 2.75) is 50.9 Å². The van der Waals surface area contributed by atoms with Crippen LogP contribution in [0.3, 0.4) is 0 Å². The SMILES string of the molecule is O=C(NCCCCc1ccc(-c2ccc(-c3ccc(CCCCNC(=O)c4cc(F)cc(C(F)(F)F)c4)s3)s2)s1)c1cc(F)cc(C(F)(F)F)c1. The first-order valence-electron chi connectivity index (χ1n) is 15.8. The number of hydrogen-bond acceptors (Lipinski definition) is 5. The molecule has 0 aliphatic carbocycles. The van der Waals surface area contributed by atoms with Gasteiger partial charge in [0.05, 0.1) is 11.1 Å². The number of benzene rings is 2. The molecule has 0 atom stereocenters. The number of alkyl halides is 6.